The van der Waals surface area contributed by atoms with Gasteiger partial charge in [0.15, 0.2) is 0 Å². The molecular weight excluding hydrogens is 268 g/mol. The van der Waals surface area contributed by atoms with Gasteiger partial charge in [-0.2, -0.15) is 0 Å². The van der Waals surface area contributed by atoms with Gasteiger partial charge in [0.25, 0.3) is 11.5 Å². The van der Waals surface area contributed by atoms with Crippen LogP contribution in [0.5, 0.6) is 0 Å². The van der Waals surface area contributed by atoms with E-state index in [0.29, 0.717) is 18.0 Å². The average molecular weight is 292 g/mol. The van der Waals surface area contributed by atoms with Crippen LogP contribution >= 0.6 is 0 Å². The summed E-state index contributed by atoms with van der Waals surface area (Å²) in [5.74, 6) is 0.118. The predicted octanol–water partition coefficient (Wildman–Crippen LogP) is 1.57. The van der Waals surface area contributed by atoms with Gasteiger partial charge in [-0.25, -0.2) is 0 Å². The molecule has 1 amide bonds. The number of nitrogens with zero attached hydrogens (tertiary/aromatic N) is 1. The van der Waals surface area contributed by atoms with Gasteiger partial charge in [0.05, 0.1) is 6.10 Å². The Kier molecular flexibility index (Phi) is 4.52. The Morgan fingerprint density at radius 3 is 2.81 bits per heavy atom. The first-order valence-electron chi connectivity index (χ1n) is 7.35. The molecule has 0 spiro atoms. The summed E-state index contributed by atoms with van der Waals surface area (Å²) in [5, 5.41) is 2.92. The van der Waals surface area contributed by atoms with Crippen molar-refractivity contribution in [2.24, 2.45) is 18.4 Å². The van der Waals surface area contributed by atoms with Crippen LogP contribution in [-0.4, -0.2) is 29.7 Å². The second-order valence-electron chi connectivity index (χ2n) is 6.78. The van der Waals surface area contributed by atoms with Crippen molar-refractivity contribution in [3.05, 3.63) is 34.2 Å². The molecule has 0 aromatic carbocycles. The Balaban J connectivity index is 1.97. The van der Waals surface area contributed by atoms with Gasteiger partial charge in [-0.15, -0.1) is 0 Å². The molecule has 21 heavy (non-hydrogen) atoms. The van der Waals surface area contributed by atoms with Gasteiger partial charge in [0, 0.05) is 43.9 Å². The lowest BCUT2D eigenvalue weighted by molar-refractivity contribution is 0.00737. The second-order valence-corrected chi connectivity index (χ2v) is 6.78. The summed E-state index contributed by atoms with van der Waals surface area (Å²) in [6, 6.07) is 3.02. The van der Waals surface area contributed by atoms with Crippen LogP contribution in [0.15, 0.2) is 23.1 Å². The molecule has 2 atom stereocenters. The summed E-state index contributed by atoms with van der Waals surface area (Å²) in [6.07, 6.45) is 2.72. The Bertz CT molecular complexity index is 572. The molecule has 1 aromatic heterocycles. The molecule has 1 aliphatic rings. The fourth-order valence-electron chi connectivity index (χ4n) is 2.82. The van der Waals surface area contributed by atoms with Crippen LogP contribution in [0.4, 0.5) is 0 Å². The number of aryl methyl sites for hydroxylation is 1. The van der Waals surface area contributed by atoms with Crippen molar-refractivity contribution >= 4 is 5.91 Å². The van der Waals surface area contributed by atoms with Gasteiger partial charge >= 0.3 is 0 Å². The highest BCUT2D eigenvalue weighted by atomic mass is 16.5. The molecule has 2 rings (SSSR count). The lowest BCUT2D eigenvalue weighted by atomic mass is 9.81. The van der Waals surface area contributed by atoms with Crippen LogP contribution in [0, 0.1) is 11.3 Å². The van der Waals surface area contributed by atoms with Gasteiger partial charge in [-0.1, -0.05) is 20.8 Å². The molecule has 0 bridgehead atoms. The summed E-state index contributed by atoms with van der Waals surface area (Å²) in [5.41, 5.74) is 0.290. The Morgan fingerprint density at radius 2 is 2.19 bits per heavy atom. The van der Waals surface area contributed by atoms with E-state index in [0.717, 1.165) is 13.0 Å². The average Bonchev–Trinajstić information content (AvgIpc) is 2.87. The molecule has 5 nitrogen and oxygen atoms in total. The summed E-state index contributed by atoms with van der Waals surface area (Å²) in [4.78, 5) is 23.7. The van der Waals surface area contributed by atoms with Crippen LogP contribution in [0.3, 0.4) is 0 Å². The molecule has 1 N–H and O–H groups in total. The minimum Gasteiger partial charge on any atom is -0.377 e. The van der Waals surface area contributed by atoms with E-state index in [1.54, 1.807) is 19.3 Å². The molecule has 0 unspecified atom stereocenters. The van der Waals surface area contributed by atoms with E-state index < -0.39 is 0 Å². The van der Waals surface area contributed by atoms with Crippen molar-refractivity contribution in [3.63, 3.8) is 0 Å². The van der Waals surface area contributed by atoms with Gasteiger partial charge in [0.1, 0.15) is 0 Å². The van der Waals surface area contributed by atoms with E-state index >= 15 is 0 Å². The highest BCUT2D eigenvalue weighted by Gasteiger charge is 2.37. The molecule has 5 heteroatoms. The third-order valence-electron chi connectivity index (χ3n) is 3.96. The van der Waals surface area contributed by atoms with Crippen molar-refractivity contribution in [3.8, 4) is 0 Å². The Labute approximate surface area is 125 Å². The smallest absolute Gasteiger partial charge is 0.251 e. The monoisotopic (exact) mass is 292 g/mol. The lowest BCUT2D eigenvalue weighted by Gasteiger charge is -2.31. The number of aromatic nitrogens is 1. The molecule has 1 aromatic rings. The molecule has 116 valence electrons. The topological polar surface area (TPSA) is 60.3 Å². The van der Waals surface area contributed by atoms with E-state index in [1.807, 2.05) is 0 Å². The third kappa shape index (κ3) is 3.73. The van der Waals surface area contributed by atoms with Gasteiger partial charge < -0.3 is 14.6 Å². The third-order valence-corrected chi connectivity index (χ3v) is 3.96. The molecule has 0 aliphatic carbocycles. The van der Waals surface area contributed by atoms with Crippen LogP contribution < -0.4 is 10.9 Å². The van der Waals surface area contributed by atoms with E-state index in [9.17, 15) is 9.59 Å². The number of ether oxygens (including phenoxy) is 1. The van der Waals surface area contributed by atoms with E-state index in [1.165, 1.54) is 10.6 Å². The number of amides is 1. The molecular formula is C16H24N2O3. The predicted molar refractivity (Wildman–Crippen MR) is 81.3 cm³/mol. The molecule has 0 saturated carbocycles. The van der Waals surface area contributed by atoms with Crippen LogP contribution in [0.2, 0.25) is 0 Å². The normalized spacial score (nSPS) is 22.3. The standard InChI is InChI=1S/C16H24N2O3/c1-16(2,3)14-12(6-8-21-14)10-17-15(20)11-5-7-18(4)13(19)9-11/h5,7,9,12,14H,6,8,10H2,1-4H3,(H,17,20)/t12-,14+/m1/s1. The van der Waals surface area contributed by atoms with Gasteiger partial charge in [0.2, 0.25) is 0 Å². The van der Waals surface area contributed by atoms with Crippen LogP contribution in [0.1, 0.15) is 37.6 Å². The first-order chi connectivity index (χ1) is 9.79. The SMILES string of the molecule is Cn1ccc(C(=O)NC[C@H]2CCO[C@@H]2C(C)(C)C)cc1=O. The minimum absolute atomic E-state index is 0.0641. The Morgan fingerprint density at radius 1 is 1.48 bits per heavy atom. The number of carbonyl (C=O) groups is 1. The first-order valence-corrected chi connectivity index (χ1v) is 7.35. The molecule has 1 saturated heterocycles. The molecule has 2 heterocycles. The number of nitrogens with one attached hydrogen (secondary N) is 1. The largest absolute Gasteiger partial charge is 0.377 e. The summed E-state index contributed by atoms with van der Waals surface area (Å²) < 4.78 is 7.24. The lowest BCUT2D eigenvalue weighted by Crippen LogP contribution is -2.39. The zero-order valence-electron chi connectivity index (χ0n) is 13.2. The first kappa shape index (κ1) is 15.8. The summed E-state index contributed by atoms with van der Waals surface area (Å²) in [7, 11) is 1.66. The van der Waals surface area contributed by atoms with Gasteiger partial charge in [-0.3, -0.25) is 9.59 Å². The number of rotatable bonds is 3. The highest BCUT2D eigenvalue weighted by Crippen LogP contribution is 2.34. The second kappa shape index (κ2) is 6.02. The number of hydrogen-bond acceptors (Lipinski definition) is 3. The fraction of sp³-hybridized carbons (Fsp3) is 0.625. The maximum atomic E-state index is 12.1. The maximum Gasteiger partial charge on any atom is 0.251 e. The highest BCUT2D eigenvalue weighted by molar-refractivity contribution is 5.93. The minimum atomic E-state index is -0.202. The number of carbonyl (C=O) groups excluding carboxylic acids is 1. The van der Waals surface area contributed by atoms with Crippen molar-refractivity contribution in [2.75, 3.05) is 13.2 Å². The number of pyridine rings is 1. The van der Waals surface area contributed by atoms with Gasteiger partial charge in [-0.05, 0) is 17.9 Å². The summed E-state index contributed by atoms with van der Waals surface area (Å²) >= 11 is 0. The van der Waals surface area contributed by atoms with E-state index in [4.69, 9.17) is 4.74 Å². The molecule has 1 aliphatic heterocycles. The van der Waals surface area contributed by atoms with E-state index in [2.05, 4.69) is 26.1 Å². The van der Waals surface area contributed by atoms with Crippen molar-refractivity contribution in [1.82, 2.24) is 9.88 Å². The fourth-order valence-corrected chi connectivity index (χ4v) is 2.82. The molecule has 1 fully saturated rings. The van der Waals surface area contributed by atoms with Crippen molar-refractivity contribution < 1.29 is 9.53 Å². The maximum absolute atomic E-state index is 12.1. The number of hydrogen-bond donors (Lipinski definition) is 1. The van der Waals surface area contributed by atoms with Crippen LogP contribution in [0.25, 0.3) is 0 Å². The zero-order valence-corrected chi connectivity index (χ0v) is 13.2. The van der Waals surface area contributed by atoms with Crippen LogP contribution in [-0.2, 0) is 11.8 Å². The zero-order chi connectivity index (χ0) is 15.6. The van der Waals surface area contributed by atoms with Crippen molar-refractivity contribution in [2.45, 2.75) is 33.3 Å². The van der Waals surface area contributed by atoms with E-state index in [-0.39, 0.29) is 23.0 Å². The Hall–Kier alpha value is -1.62. The van der Waals surface area contributed by atoms with Crippen molar-refractivity contribution in [1.29, 1.82) is 0 Å². The summed E-state index contributed by atoms with van der Waals surface area (Å²) in [6.45, 7) is 7.78. The molecule has 0 radical (unpaired) electrons. The quantitative estimate of drug-likeness (QED) is 0.920.